The van der Waals surface area contributed by atoms with E-state index in [1.54, 1.807) is 24.1 Å². The highest BCUT2D eigenvalue weighted by Crippen LogP contribution is 2.17. The summed E-state index contributed by atoms with van der Waals surface area (Å²) in [6.45, 7) is 2.91. The van der Waals surface area contributed by atoms with Crippen molar-refractivity contribution in [3.63, 3.8) is 0 Å². The van der Waals surface area contributed by atoms with Crippen LogP contribution >= 0.6 is 11.6 Å². The number of nitrogens with two attached hydrogens (primary N) is 1. The Morgan fingerprint density at radius 1 is 1.53 bits per heavy atom. The van der Waals surface area contributed by atoms with Crippen molar-refractivity contribution in [2.24, 2.45) is 5.73 Å². The molecule has 4 heteroatoms. The third-order valence-corrected chi connectivity index (χ3v) is 2.64. The van der Waals surface area contributed by atoms with Crippen LogP contribution < -0.4 is 5.73 Å². The lowest BCUT2D eigenvalue weighted by molar-refractivity contribution is 0.0799. The fraction of sp³-hybridized carbons (Fsp3) is 0.364. The molecule has 1 rings (SSSR count). The Bertz CT molecular complexity index is 366. The second-order valence-corrected chi connectivity index (χ2v) is 3.89. The summed E-state index contributed by atoms with van der Waals surface area (Å²) in [5.41, 5.74) is 6.95. The van der Waals surface area contributed by atoms with E-state index in [1.807, 2.05) is 13.0 Å². The summed E-state index contributed by atoms with van der Waals surface area (Å²) < 4.78 is 0. The molecule has 1 aromatic rings. The molecule has 0 bridgehead atoms. The summed E-state index contributed by atoms with van der Waals surface area (Å²) in [6, 6.07) is 5.30. The largest absolute Gasteiger partial charge is 0.340 e. The average Bonchev–Trinajstić information content (AvgIpc) is 2.21. The number of carbonyl (C=O) groups excluding carboxylic acids is 1. The second-order valence-electron chi connectivity index (χ2n) is 3.48. The number of rotatable bonds is 3. The molecule has 1 aromatic carbocycles. The maximum Gasteiger partial charge on any atom is 0.253 e. The SMILES string of the molecule is Cc1ccc(C(=O)N(C)CCN)cc1Cl. The molecule has 0 aliphatic rings. The summed E-state index contributed by atoms with van der Waals surface area (Å²) in [4.78, 5) is 13.4. The predicted molar refractivity (Wildman–Crippen MR) is 62.2 cm³/mol. The summed E-state index contributed by atoms with van der Waals surface area (Å²) in [5, 5.41) is 0.613. The highest BCUT2D eigenvalue weighted by molar-refractivity contribution is 6.31. The van der Waals surface area contributed by atoms with E-state index >= 15 is 0 Å². The van der Waals surface area contributed by atoms with Gasteiger partial charge in [0.25, 0.3) is 5.91 Å². The Morgan fingerprint density at radius 3 is 2.73 bits per heavy atom. The van der Waals surface area contributed by atoms with Crippen LogP contribution in [0.3, 0.4) is 0 Å². The Kier molecular flexibility index (Phi) is 4.12. The number of aryl methyl sites for hydroxylation is 1. The highest BCUT2D eigenvalue weighted by atomic mass is 35.5. The molecule has 0 radical (unpaired) electrons. The minimum atomic E-state index is -0.0534. The molecule has 15 heavy (non-hydrogen) atoms. The molecule has 0 aliphatic carbocycles. The lowest BCUT2D eigenvalue weighted by Gasteiger charge is -2.16. The number of benzene rings is 1. The lowest BCUT2D eigenvalue weighted by atomic mass is 10.1. The first-order valence-electron chi connectivity index (χ1n) is 4.78. The van der Waals surface area contributed by atoms with Crippen LogP contribution in [0.4, 0.5) is 0 Å². The van der Waals surface area contributed by atoms with Crippen molar-refractivity contribution in [1.82, 2.24) is 4.90 Å². The first-order valence-corrected chi connectivity index (χ1v) is 5.15. The van der Waals surface area contributed by atoms with E-state index in [1.165, 1.54) is 0 Å². The van der Waals surface area contributed by atoms with Crippen molar-refractivity contribution in [3.8, 4) is 0 Å². The van der Waals surface area contributed by atoms with Crippen LogP contribution in [0.15, 0.2) is 18.2 Å². The standard InChI is InChI=1S/C11H15ClN2O/c1-8-3-4-9(7-10(8)12)11(15)14(2)6-5-13/h3-4,7H,5-6,13H2,1-2H3. The van der Waals surface area contributed by atoms with Gasteiger partial charge in [-0.3, -0.25) is 4.79 Å². The van der Waals surface area contributed by atoms with Crippen LogP contribution in [0.25, 0.3) is 0 Å². The van der Waals surface area contributed by atoms with Crippen molar-refractivity contribution in [3.05, 3.63) is 34.3 Å². The molecule has 0 aliphatic heterocycles. The molecule has 3 nitrogen and oxygen atoms in total. The van der Waals surface area contributed by atoms with E-state index in [-0.39, 0.29) is 5.91 Å². The Hall–Kier alpha value is -1.06. The number of likely N-dealkylation sites (N-methyl/N-ethyl adjacent to an activating group) is 1. The lowest BCUT2D eigenvalue weighted by Crippen LogP contribution is -2.31. The number of hydrogen-bond acceptors (Lipinski definition) is 2. The molecule has 2 N–H and O–H groups in total. The zero-order chi connectivity index (χ0) is 11.4. The normalized spacial score (nSPS) is 10.1. The van der Waals surface area contributed by atoms with Gasteiger partial charge in [-0.2, -0.15) is 0 Å². The molecular formula is C11H15ClN2O. The van der Waals surface area contributed by atoms with Gasteiger partial charge in [0.05, 0.1) is 0 Å². The molecule has 0 spiro atoms. The number of carbonyl (C=O) groups is 1. The minimum absolute atomic E-state index is 0.0534. The van der Waals surface area contributed by atoms with Gasteiger partial charge < -0.3 is 10.6 Å². The Morgan fingerprint density at radius 2 is 2.20 bits per heavy atom. The molecule has 0 saturated heterocycles. The van der Waals surface area contributed by atoms with Gasteiger partial charge in [-0.15, -0.1) is 0 Å². The summed E-state index contributed by atoms with van der Waals surface area (Å²) in [7, 11) is 1.73. The number of halogens is 1. The molecule has 0 unspecified atom stereocenters. The Balaban J connectivity index is 2.87. The molecule has 0 heterocycles. The Labute approximate surface area is 94.8 Å². The van der Waals surface area contributed by atoms with Crippen molar-refractivity contribution >= 4 is 17.5 Å². The number of amides is 1. The van der Waals surface area contributed by atoms with Gasteiger partial charge in [-0.05, 0) is 24.6 Å². The smallest absolute Gasteiger partial charge is 0.253 e. The fourth-order valence-corrected chi connectivity index (χ4v) is 1.42. The van der Waals surface area contributed by atoms with Crippen LogP contribution in [-0.4, -0.2) is 30.9 Å². The second kappa shape index (κ2) is 5.14. The predicted octanol–water partition coefficient (Wildman–Crippen LogP) is 1.68. The monoisotopic (exact) mass is 226 g/mol. The third-order valence-electron chi connectivity index (χ3n) is 2.23. The van der Waals surface area contributed by atoms with Gasteiger partial charge in [0.2, 0.25) is 0 Å². The van der Waals surface area contributed by atoms with E-state index < -0.39 is 0 Å². The molecule has 0 atom stereocenters. The van der Waals surface area contributed by atoms with E-state index in [2.05, 4.69) is 0 Å². The van der Waals surface area contributed by atoms with Gasteiger partial charge in [-0.25, -0.2) is 0 Å². The molecular weight excluding hydrogens is 212 g/mol. The first-order chi connectivity index (χ1) is 7.06. The van der Waals surface area contributed by atoms with Crippen molar-refractivity contribution < 1.29 is 4.79 Å². The maximum atomic E-state index is 11.8. The zero-order valence-corrected chi connectivity index (χ0v) is 9.71. The molecule has 0 aromatic heterocycles. The van der Waals surface area contributed by atoms with E-state index in [4.69, 9.17) is 17.3 Å². The average molecular weight is 227 g/mol. The van der Waals surface area contributed by atoms with Crippen LogP contribution in [0.1, 0.15) is 15.9 Å². The zero-order valence-electron chi connectivity index (χ0n) is 8.96. The first kappa shape index (κ1) is 12.0. The van der Waals surface area contributed by atoms with Gasteiger partial charge in [0.15, 0.2) is 0 Å². The summed E-state index contributed by atoms with van der Waals surface area (Å²) >= 11 is 5.94. The molecule has 1 amide bonds. The summed E-state index contributed by atoms with van der Waals surface area (Å²) in [5.74, 6) is -0.0534. The van der Waals surface area contributed by atoms with Crippen LogP contribution in [0.2, 0.25) is 5.02 Å². The number of nitrogens with zero attached hydrogens (tertiary/aromatic N) is 1. The van der Waals surface area contributed by atoms with Crippen molar-refractivity contribution in [2.75, 3.05) is 20.1 Å². The number of hydrogen-bond donors (Lipinski definition) is 1. The van der Waals surface area contributed by atoms with Gasteiger partial charge in [0.1, 0.15) is 0 Å². The van der Waals surface area contributed by atoms with Crippen LogP contribution in [0, 0.1) is 6.92 Å². The molecule has 0 fully saturated rings. The van der Waals surface area contributed by atoms with Crippen LogP contribution in [-0.2, 0) is 0 Å². The van der Waals surface area contributed by atoms with Crippen molar-refractivity contribution in [1.29, 1.82) is 0 Å². The fourth-order valence-electron chi connectivity index (χ4n) is 1.24. The van der Waals surface area contributed by atoms with Crippen molar-refractivity contribution in [2.45, 2.75) is 6.92 Å². The molecule has 0 saturated carbocycles. The van der Waals surface area contributed by atoms with Gasteiger partial charge in [-0.1, -0.05) is 17.7 Å². The van der Waals surface area contributed by atoms with Crippen LogP contribution in [0.5, 0.6) is 0 Å². The summed E-state index contributed by atoms with van der Waals surface area (Å²) in [6.07, 6.45) is 0. The minimum Gasteiger partial charge on any atom is -0.340 e. The maximum absolute atomic E-state index is 11.8. The van der Waals surface area contributed by atoms with Gasteiger partial charge in [0, 0.05) is 30.7 Å². The van der Waals surface area contributed by atoms with Gasteiger partial charge >= 0.3 is 0 Å². The van der Waals surface area contributed by atoms with E-state index in [0.29, 0.717) is 23.7 Å². The van der Waals surface area contributed by atoms with E-state index in [9.17, 15) is 4.79 Å². The highest BCUT2D eigenvalue weighted by Gasteiger charge is 2.11. The quantitative estimate of drug-likeness (QED) is 0.853. The third kappa shape index (κ3) is 2.94. The molecule has 82 valence electrons. The topological polar surface area (TPSA) is 46.3 Å². The van der Waals surface area contributed by atoms with E-state index in [0.717, 1.165) is 5.56 Å².